The molecule has 0 saturated heterocycles. The summed E-state index contributed by atoms with van der Waals surface area (Å²) in [5, 5.41) is 0. The Balaban J connectivity index is 2.07. The van der Waals surface area contributed by atoms with Gasteiger partial charge in [0.25, 0.3) is 0 Å². The number of nitrogens with two attached hydrogens (primary N) is 1. The summed E-state index contributed by atoms with van der Waals surface area (Å²) in [6.07, 6.45) is -1.90. The lowest BCUT2D eigenvalue weighted by Gasteiger charge is -2.23. The highest BCUT2D eigenvalue weighted by Crippen LogP contribution is 2.34. The topological polar surface area (TPSA) is 29.3 Å². The van der Waals surface area contributed by atoms with E-state index in [1.807, 2.05) is 11.9 Å². The van der Waals surface area contributed by atoms with Crippen LogP contribution in [0.3, 0.4) is 0 Å². The van der Waals surface area contributed by atoms with E-state index in [2.05, 4.69) is 0 Å². The molecule has 2 N–H and O–H groups in total. The average molecular weight is 272 g/mol. The van der Waals surface area contributed by atoms with Crippen molar-refractivity contribution in [3.63, 3.8) is 0 Å². The zero-order chi connectivity index (χ0) is 14.0. The van der Waals surface area contributed by atoms with Gasteiger partial charge in [-0.25, -0.2) is 0 Å². The molecule has 0 heterocycles. The predicted octanol–water partition coefficient (Wildman–Crippen LogP) is 3.05. The third-order valence-corrected chi connectivity index (χ3v) is 3.44. The monoisotopic (exact) mass is 272 g/mol. The molecule has 1 aliphatic carbocycles. The van der Waals surface area contributed by atoms with E-state index in [9.17, 15) is 13.2 Å². The maximum Gasteiger partial charge on any atom is 0.416 e. The van der Waals surface area contributed by atoms with Crippen molar-refractivity contribution in [2.45, 2.75) is 25.1 Å². The maximum atomic E-state index is 12.9. The van der Waals surface area contributed by atoms with E-state index >= 15 is 0 Å². The molecule has 0 spiro atoms. The Morgan fingerprint density at radius 2 is 1.95 bits per heavy atom. The Kier molecular flexibility index (Phi) is 4.16. The molecule has 0 aromatic heterocycles. The summed E-state index contributed by atoms with van der Waals surface area (Å²) >= 11 is 0. The minimum atomic E-state index is -4.34. The molecule has 19 heavy (non-hydrogen) atoms. The molecule has 0 bridgehead atoms. The van der Waals surface area contributed by atoms with Crippen LogP contribution < -0.4 is 5.73 Å². The van der Waals surface area contributed by atoms with Crippen LogP contribution in [0.1, 0.15) is 30.0 Å². The Morgan fingerprint density at radius 3 is 2.53 bits per heavy atom. The fourth-order valence-corrected chi connectivity index (χ4v) is 2.33. The average Bonchev–Trinajstić information content (AvgIpc) is 3.11. The third kappa shape index (κ3) is 3.94. The smallest absolute Gasteiger partial charge is 0.323 e. The summed E-state index contributed by atoms with van der Waals surface area (Å²) in [6.45, 7) is 1.37. The van der Waals surface area contributed by atoms with Gasteiger partial charge in [0.1, 0.15) is 0 Å². The van der Waals surface area contributed by atoms with Crippen LogP contribution in [0.15, 0.2) is 24.3 Å². The quantitative estimate of drug-likeness (QED) is 0.892. The number of hydrogen-bond acceptors (Lipinski definition) is 2. The molecule has 1 saturated carbocycles. The lowest BCUT2D eigenvalue weighted by molar-refractivity contribution is -0.138. The van der Waals surface area contributed by atoms with Gasteiger partial charge in [-0.2, -0.15) is 13.2 Å². The molecule has 0 radical (unpaired) electrons. The summed E-state index contributed by atoms with van der Waals surface area (Å²) < 4.78 is 38.7. The molecule has 106 valence electrons. The van der Waals surface area contributed by atoms with Crippen molar-refractivity contribution in [2.24, 2.45) is 11.7 Å². The minimum absolute atomic E-state index is 0.178. The lowest BCUT2D eigenvalue weighted by Crippen LogP contribution is -2.31. The molecule has 2 nitrogen and oxygen atoms in total. The van der Waals surface area contributed by atoms with E-state index in [0.29, 0.717) is 12.5 Å². The fraction of sp³-hybridized carbons (Fsp3) is 0.571. The Hall–Kier alpha value is -1.07. The first kappa shape index (κ1) is 14.3. The van der Waals surface area contributed by atoms with Crippen LogP contribution in [0.4, 0.5) is 13.2 Å². The van der Waals surface area contributed by atoms with Gasteiger partial charge >= 0.3 is 6.18 Å². The van der Waals surface area contributed by atoms with Crippen molar-refractivity contribution >= 4 is 0 Å². The molecule has 2 rings (SSSR count). The molecular formula is C14H19F3N2. The van der Waals surface area contributed by atoms with Gasteiger partial charge in [-0.05, 0) is 37.4 Å². The zero-order valence-corrected chi connectivity index (χ0v) is 11.0. The van der Waals surface area contributed by atoms with Gasteiger partial charge < -0.3 is 10.6 Å². The molecule has 1 atom stereocenters. The summed E-state index contributed by atoms with van der Waals surface area (Å²) in [7, 11) is 1.91. The van der Waals surface area contributed by atoms with Gasteiger partial charge in [0.15, 0.2) is 0 Å². The number of halogens is 3. The highest BCUT2D eigenvalue weighted by Gasteiger charge is 2.34. The first-order valence-electron chi connectivity index (χ1n) is 6.48. The Labute approximate surface area is 111 Å². The molecule has 1 unspecified atom stereocenters. The second-order valence-electron chi connectivity index (χ2n) is 5.36. The van der Waals surface area contributed by atoms with Crippen LogP contribution >= 0.6 is 0 Å². The van der Waals surface area contributed by atoms with Gasteiger partial charge in [0, 0.05) is 19.1 Å². The van der Waals surface area contributed by atoms with Gasteiger partial charge in [0.05, 0.1) is 5.56 Å². The predicted molar refractivity (Wildman–Crippen MR) is 68.6 cm³/mol. The Bertz CT molecular complexity index is 427. The van der Waals surface area contributed by atoms with Crippen LogP contribution in [-0.4, -0.2) is 25.0 Å². The van der Waals surface area contributed by atoms with Gasteiger partial charge in [-0.3, -0.25) is 0 Å². The number of rotatable bonds is 5. The summed E-state index contributed by atoms with van der Waals surface area (Å²) in [5.41, 5.74) is 5.50. The second kappa shape index (κ2) is 5.51. The molecule has 1 fully saturated rings. The van der Waals surface area contributed by atoms with E-state index in [1.165, 1.54) is 25.0 Å². The van der Waals surface area contributed by atoms with Crippen molar-refractivity contribution < 1.29 is 13.2 Å². The van der Waals surface area contributed by atoms with Crippen LogP contribution in [0.5, 0.6) is 0 Å². The van der Waals surface area contributed by atoms with Crippen LogP contribution in [0.2, 0.25) is 0 Å². The molecule has 1 aliphatic rings. The van der Waals surface area contributed by atoms with Gasteiger partial charge in [0.2, 0.25) is 0 Å². The largest absolute Gasteiger partial charge is 0.416 e. The number of benzene rings is 1. The van der Waals surface area contributed by atoms with E-state index in [0.717, 1.165) is 12.6 Å². The van der Waals surface area contributed by atoms with Gasteiger partial charge in [-0.15, -0.1) is 0 Å². The lowest BCUT2D eigenvalue weighted by atomic mass is 10.00. The van der Waals surface area contributed by atoms with Crippen molar-refractivity contribution in [1.82, 2.24) is 4.90 Å². The summed E-state index contributed by atoms with van der Waals surface area (Å²) in [6, 6.07) is 4.95. The first-order valence-corrected chi connectivity index (χ1v) is 6.48. The maximum absolute atomic E-state index is 12.9. The van der Waals surface area contributed by atoms with Crippen LogP contribution in [-0.2, 0) is 6.18 Å². The van der Waals surface area contributed by atoms with Crippen LogP contribution in [0, 0.1) is 5.92 Å². The second-order valence-corrected chi connectivity index (χ2v) is 5.36. The standard InChI is InChI=1S/C14H19F3N2/c1-19(8-10-6-7-10)9-13(18)11-4-2-3-5-12(11)14(15,16)17/h2-5,10,13H,6-9,18H2,1H3. The van der Waals surface area contributed by atoms with Crippen molar-refractivity contribution in [2.75, 3.05) is 20.1 Å². The number of nitrogens with zero attached hydrogens (tertiary/aromatic N) is 1. The molecule has 0 aliphatic heterocycles. The van der Waals surface area contributed by atoms with Crippen molar-refractivity contribution in [1.29, 1.82) is 0 Å². The van der Waals surface area contributed by atoms with Crippen molar-refractivity contribution in [3.8, 4) is 0 Å². The highest BCUT2D eigenvalue weighted by atomic mass is 19.4. The SMILES string of the molecule is CN(CC1CC1)CC(N)c1ccccc1C(F)(F)F. The van der Waals surface area contributed by atoms with E-state index in [1.54, 1.807) is 6.07 Å². The van der Waals surface area contributed by atoms with E-state index < -0.39 is 17.8 Å². The fourth-order valence-electron chi connectivity index (χ4n) is 2.33. The molecule has 5 heteroatoms. The third-order valence-electron chi connectivity index (χ3n) is 3.44. The zero-order valence-electron chi connectivity index (χ0n) is 11.0. The van der Waals surface area contributed by atoms with Crippen LogP contribution in [0.25, 0.3) is 0 Å². The molecule has 1 aromatic rings. The van der Waals surface area contributed by atoms with E-state index in [-0.39, 0.29) is 5.56 Å². The Morgan fingerprint density at radius 1 is 1.32 bits per heavy atom. The number of hydrogen-bond donors (Lipinski definition) is 1. The first-order chi connectivity index (χ1) is 8.88. The number of alkyl halides is 3. The minimum Gasteiger partial charge on any atom is -0.323 e. The van der Waals surface area contributed by atoms with E-state index in [4.69, 9.17) is 5.73 Å². The summed E-state index contributed by atoms with van der Waals surface area (Å²) in [5.74, 6) is 0.704. The van der Waals surface area contributed by atoms with Crippen molar-refractivity contribution in [3.05, 3.63) is 35.4 Å². The highest BCUT2D eigenvalue weighted by molar-refractivity contribution is 5.32. The normalized spacial score (nSPS) is 17.8. The number of likely N-dealkylation sites (N-methyl/N-ethyl adjacent to an activating group) is 1. The molecular weight excluding hydrogens is 253 g/mol. The summed E-state index contributed by atoms with van der Waals surface area (Å²) in [4.78, 5) is 2.02. The molecule has 0 amide bonds. The molecule has 1 aromatic carbocycles. The van der Waals surface area contributed by atoms with Gasteiger partial charge in [-0.1, -0.05) is 18.2 Å².